The van der Waals surface area contributed by atoms with Gasteiger partial charge in [-0.15, -0.1) is 11.3 Å². The number of anilines is 1. The maximum atomic E-state index is 12.6. The van der Waals surface area contributed by atoms with Gasteiger partial charge in [-0.05, 0) is 30.5 Å². The van der Waals surface area contributed by atoms with Crippen LogP contribution < -0.4 is 15.5 Å². The Hall–Kier alpha value is -2.29. The number of nitrogens with one attached hydrogen (secondary N) is 2. The molecule has 9 heteroatoms. The molecule has 0 saturated heterocycles. The summed E-state index contributed by atoms with van der Waals surface area (Å²) >= 11 is 0.978. The highest BCUT2D eigenvalue weighted by molar-refractivity contribution is 7.09. The van der Waals surface area contributed by atoms with Crippen LogP contribution in [0.15, 0.2) is 34.6 Å². The van der Waals surface area contributed by atoms with E-state index in [4.69, 9.17) is 0 Å². The van der Waals surface area contributed by atoms with E-state index < -0.39 is 11.9 Å². The molecule has 2 N–H and O–H groups in total. The number of alkyl halides is 3. The molecule has 0 unspecified atom stereocenters. The summed E-state index contributed by atoms with van der Waals surface area (Å²) in [7, 11) is 5.64. The summed E-state index contributed by atoms with van der Waals surface area (Å²) in [6.45, 7) is 0.910. The topological polar surface area (TPSA) is 52.6 Å². The minimum atomic E-state index is -4.40. The third-order valence-electron chi connectivity index (χ3n) is 3.86. The fourth-order valence-electron chi connectivity index (χ4n) is 2.36. The van der Waals surface area contributed by atoms with E-state index in [1.807, 2.05) is 14.1 Å². The first-order chi connectivity index (χ1) is 12.8. The molecule has 0 atom stereocenters. The van der Waals surface area contributed by atoms with Crippen LogP contribution in [-0.4, -0.2) is 38.6 Å². The largest absolute Gasteiger partial charge is 0.434 e. The third-order valence-corrected chi connectivity index (χ3v) is 4.71. The van der Waals surface area contributed by atoms with E-state index in [0.29, 0.717) is 17.5 Å². The van der Waals surface area contributed by atoms with Gasteiger partial charge in [-0.25, -0.2) is 4.98 Å². The zero-order valence-electron chi connectivity index (χ0n) is 15.6. The normalized spacial score (nSPS) is 12.1. The summed E-state index contributed by atoms with van der Waals surface area (Å²) < 4.78 is 37.7. The van der Waals surface area contributed by atoms with Crippen LogP contribution >= 0.6 is 11.3 Å². The van der Waals surface area contributed by atoms with E-state index in [1.165, 1.54) is 5.56 Å². The van der Waals surface area contributed by atoms with Crippen molar-refractivity contribution in [2.24, 2.45) is 4.99 Å². The molecule has 2 rings (SSSR count). The first-order valence-corrected chi connectivity index (χ1v) is 9.40. The second-order valence-electron chi connectivity index (χ2n) is 6.14. The Balaban J connectivity index is 1.72. The number of guanidine groups is 1. The van der Waals surface area contributed by atoms with E-state index in [0.717, 1.165) is 35.2 Å². The Bertz CT molecular complexity index is 738. The molecule has 148 valence electrons. The van der Waals surface area contributed by atoms with Gasteiger partial charge >= 0.3 is 6.18 Å². The van der Waals surface area contributed by atoms with Crippen molar-refractivity contribution in [1.82, 2.24) is 15.6 Å². The number of nitrogens with zero attached hydrogens (tertiary/aromatic N) is 3. The first kappa shape index (κ1) is 21.0. The fourth-order valence-corrected chi connectivity index (χ4v) is 3.10. The summed E-state index contributed by atoms with van der Waals surface area (Å²) in [6, 6.07) is 8.41. The van der Waals surface area contributed by atoms with Crippen molar-refractivity contribution in [3.05, 3.63) is 45.9 Å². The molecular weight excluding hydrogens is 375 g/mol. The van der Waals surface area contributed by atoms with Gasteiger partial charge in [0, 0.05) is 38.8 Å². The van der Waals surface area contributed by atoms with Crippen molar-refractivity contribution in [2.75, 3.05) is 32.6 Å². The van der Waals surface area contributed by atoms with Gasteiger partial charge in [0.2, 0.25) is 0 Å². The number of hydrogen-bond acceptors (Lipinski definition) is 4. The highest BCUT2D eigenvalue weighted by atomic mass is 32.1. The maximum absolute atomic E-state index is 12.6. The van der Waals surface area contributed by atoms with Gasteiger partial charge in [-0.2, -0.15) is 13.2 Å². The minimum Gasteiger partial charge on any atom is -0.378 e. The average Bonchev–Trinajstić information content (AvgIpc) is 3.11. The number of aliphatic imine (C=N–C) groups is 1. The second kappa shape index (κ2) is 9.59. The molecule has 0 radical (unpaired) electrons. The number of hydrogen-bond donors (Lipinski definition) is 2. The zero-order valence-corrected chi connectivity index (χ0v) is 16.4. The molecule has 0 aliphatic heterocycles. The van der Waals surface area contributed by atoms with Gasteiger partial charge < -0.3 is 15.5 Å². The number of halogens is 3. The molecule has 1 aromatic heterocycles. The van der Waals surface area contributed by atoms with Crippen LogP contribution in [0.4, 0.5) is 18.9 Å². The molecule has 0 saturated carbocycles. The number of aromatic nitrogens is 1. The standard InChI is InChI=1S/C18H24F3N5S/c1-22-17(24-11-16-25-15(12-27-16)18(19,20)21)23-10-4-5-13-6-8-14(9-7-13)26(2)3/h6-9,12H,4-5,10-11H2,1-3H3,(H2,22,23,24). The first-order valence-electron chi connectivity index (χ1n) is 8.52. The van der Waals surface area contributed by atoms with Gasteiger partial charge in [0.1, 0.15) is 5.01 Å². The Labute approximate surface area is 161 Å². The monoisotopic (exact) mass is 399 g/mol. The third kappa shape index (κ3) is 6.74. The Morgan fingerprint density at radius 2 is 1.89 bits per heavy atom. The molecule has 0 fully saturated rings. The van der Waals surface area contributed by atoms with Gasteiger partial charge in [0.25, 0.3) is 0 Å². The lowest BCUT2D eigenvalue weighted by Crippen LogP contribution is -2.37. The van der Waals surface area contributed by atoms with E-state index in [9.17, 15) is 13.2 Å². The highest BCUT2D eigenvalue weighted by Gasteiger charge is 2.33. The van der Waals surface area contributed by atoms with E-state index in [1.54, 1.807) is 7.05 Å². The lowest BCUT2D eigenvalue weighted by molar-refractivity contribution is -0.140. The van der Waals surface area contributed by atoms with Crippen molar-refractivity contribution in [1.29, 1.82) is 0 Å². The summed E-state index contributed by atoms with van der Waals surface area (Å²) in [5.74, 6) is 0.543. The molecule has 0 bridgehead atoms. The van der Waals surface area contributed by atoms with E-state index in [-0.39, 0.29) is 6.54 Å². The van der Waals surface area contributed by atoms with Crippen LogP contribution in [0.1, 0.15) is 22.7 Å². The molecule has 1 heterocycles. The molecule has 27 heavy (non-hydrogen) atoms. The van der Waals surface area contributed by atoms with Gasteiger partial charge in [-0.3, -0.25) is 4.99 Å². The predicted octanol–water partition coefficient (Wildman–Crippen LogP) is 3.53. The number of thiazole rings is 1. The summed E-state index contributed by atoms with van der Waals surface area (Å²) in [6.07, 6.45) is -2.56. The Morgan fingerprint density at radius 3 is 2.44 bits per heavy atom. The molecule has 2 aromatic rings. The van der Waals surface area contributed by atoms with Crippen LogP contribution in [0.3, 0.4) is 0 Å². The molecule has 0 spiro atoms. The van der Waals surface area contributed by atoms with Crippen LogP contribution in [0.5, 0.6) is 0 Å². The lowest BCUT2D eigenvalue weighted by atomic mass is 10.1. The minimum absolute atomic E-state index is 0.201. The van der Waals surface area contributed by atoms with Gasteiger partial charge in [-0.1, -0.05) is 12.1 Å². The quantitative estimate of drug-likeness (QED) is 0.425. The van der Waals surface area contributed by atoms with E-state index >= 15 is 0 Å². The SMILES string of the molecule is CN=C(NCCCc1ccc(N(C)C)cc1)NCc1nc(C(F)(F)F)cs1. The summed E-state index contributed by atoms with van der Waals surface area (Å²) in [5, 5.41) is 7.53. The Kier molecular flexibility index (Phi) is 7.46. The van der Waals surface area contributed by atoms with Gasteiger partial charge in [0.15, 0.2) is 11.7 Å². The molecule has 0 aliphatic carbocycles. The molecule has 1 aromatic carbocycles. The van der Waals surface area contributed by atoms with E-state index in [2.05, 4.69) is 49.8 Å². The second-order valence-corrected chi connectivity index (χ2v) is 7.08. The van der Waals surface area contributed by atoms with Crippen molar-refractivity contribution in [3.63, 3.8) is 0 Å². The van der Waals surface area contributed by atoms with Crippen molar-refractivity contribution in [3.8, 4) is 0 Å². The Morgan fingerprint density at radius 1 is 1.19 bits per heavy atom. The van der Waals surface area contributed by atoms with Crippen molar-refractivity contribution in [2.45, 2.75) is 25.6 Å². The zero-order chi connectivity index (χ0) is 19.9. The maximum Gasteiger partial charge on any atom is 0.434 e. The molecule has 0 amide bonds. The number of benzene rings is 1. The highest BCUT2D eigenvalue weighted by Crippen LogP contribution is 2.29. The fraction of sp³-hybridized carbons (Fsp3) is 0.444. The van der Waals surface area contributed by atoms with Crippen molar-refractivity contribution < 1.29 is 13.2 Å². The molecular formula is C18H24F3N5S. The van der Waals surface area contributed by atoms with Crippen LogP contribution in [0.2, 0.25) is 0 Å². The smallest absolute Gasteiger partial charge is 0.378 e. The number of rotatable bonds is 7. The van der Waals surface area contributed by atoms with Gasteiger partial charge in [0.05, 0.1) is 6.54 Å². The average molecular weight is 399 g/mol. The molecule has 0 aliphatic rings. The summed E-state index contributed by atoms with van der Waals surface area (Å²) in [5.41, 5.74) is 1.57. The lowest BCUT2D eigenvalue weighted by Gasteiger charge is -2.13. The van der Waals surface area contributed by atoms with Crippen LogP contribution in [0.25, 0.3) is 0 Å². The van der Waals surface area contributed by atoms with Crippen LogP contribution in [-0.2, 0) is 19.1 Å². The summed E-state index contributed by atoms with van der Waals surface area (Å²) in [4.78, 5) is 9.72. The van der Waals surface area contributed by atoms with Crippen LogP contribution in [0, 0.1) is 0 Å². The van der Waals surface area contributed by atoms with Crippen molar-refractivity contribution >= 4 is 23.0 Å². The molecule has 5 nitrogen and oxygen atoms in total. The number of aryl methyl sites for hydroxylation is 1. The predicted molar refractivity (Wildman–Crippen MR) is 104 cm³/mol.